The Morgan fingerprint density at radius 3 is 2.47 bits per heavy atom. The van der Waals surface area contributed by atoms with E-state index in [1.165, 1.54) is 0 Å². The van der Waals surface area contributed by atoms with Crippen LogP contribution in [0, 0.1) is 0 Å². The molecule has 96 valence electrons. The Balaban J connectivity index is 2.71. The highest BCUT2D eigenvalue weighted by Crippen LogP contribution is 2.60. The average molecular weight is 311 g/mol. The summed E-state index contributed by atoms with van der Waals surface area (Å²) in [6.45, 7) is 4.61. The van der Waals surface area contributed by atoms with E-state index in [4.69, 9.17) is 32.5 Å². The highest BCUT2D eigenvalue weighted by atomic mass is 35.5. The number of hydrogen-bond acceptors (Lipinski definition) is 4. The van der Waals surface area contributed by atoms with Crippen LogP contribution in [0.3, 0.4) is 0 Å². The number of halogens is 1. The van der Waals surface area contributed by atoms with Gasteiger partial charge in [0.25, 0.3) is 5.69 Å². The molecule has 0 N–H and O–H groups in total. The van der Waals surface area contributed by atoms with Gasteiger partial charge in [-0.1, -0.05) is 29.9 Å². The summed E-state index contributed by atoms with van der Waals surface area (Å²) in [6.07, 6.45) is 1.06. The largest absolute Gasteiger partial charge is 0.436 e. The molecule has 2 nitrogen and oxygen atoms in total. The highest BCUT2D eigenvalue weighted by molar-refractivity contribution is 8.68. The van der Waals surface area contributed by atoms with Crippen molar-refractivity contribution in [2.24, 2.45) is 0 Å². The average Bonchev–Trinajstić information content (AvgIpc) is 2.30. The van der Waals surface area contributed by atoms with Gasteiger partial charge >= 0.3 is 0 Å². The summed E-state index contributed by atoms with van der Waals surface area (Å²) in [7, 11) is 0. The van der Waals surface area contributed by atoms with Crippen LogP contribution in [0.4, 0.5) is 0 Å². The first kappa shape index (κ1) is 15.3. The maximum Gasteiger partial charge on any atom is 0.297 e. The molecule has 1 unspecified atom stereocenters. The minimum Gasteiger partial charge on any atom is -0.436 e. The summed E-state index contributed by atoms with van der Waals surface area (Å²) in [6, 6.07) is 7.20. The zero-order valence-corrected chi connectivity index (χ0v) is 13.2. The summed E-state index contributed by atoms with van der Waals surface area (Å²) < 4.78 is 11.4. The van der Waals surface area contributed by atoms with Gasteiger partial charge < -0.3 is 9.05 Å². The lowest BCUT2D eigenvalue weighted by Gasteiger charge is -2.21. The maximum atomic E-state index is 5.82. The van der Waals surface area contributed by atoms with Gasteiger partial charge in [-0.2, -0.15) is 0 Å². The SMILES string of the molecule is CCCSP(=S)(OCC)Oc1ccc(Cl)cc1. The van der Waals surface area contributed by atoms with Gasteiger partial charge in [0.1, 0.15) is 5.75 Å². The van der Waals surface area contributed by atoms with Crippen LogP contribution in [0.25, 0.3) is 0 Å². The van der Waals surface area contributed by atoms with E-state index >= 15 is 0 Å². The molecule has 0 saturated carbocycles. The summed E-state index contributed by atoms with van der Waals surface area (Å²) in [5.74, 6) is 1.67. The predicted octanol–water partition coefficient (Wildman–Crippen LogP) is 5.12. The lowest BCUT2D eigenvalue weighted by atomic mass is 10.3. The van der Waals surface area contributed by atoms with Crippen molar-refractivity contribution in [1.82, 2.24) is 0 Å². The fourth-order valence-electron chi connectivity index (χ4n) is 1.08. The molecule has 0 heterocycles. The molecule has 0 aromatic heterocycles. The molecule has 1 aromatic rings. The first-order chi connectivity index (χ1) is 8.09. The molecular formula is C11H16ClO2PS2. The molecule has 0 aliphatic carbocycles. The standard InChI is InChI=1S/C11H16ClO2PS2/c1-3-9-17-15(16,13-4-2)14-11-7-5-10(12)6-8-11/h5-8H,3-4,9H2,1-2H3. The molecule has 0 spiro atoms. The van der Waals surface area contributed by atoms with Crippen LogP contribution in [0.5, 0.6) is 5.75 Å². The minimum absolute atomic E-state index is 0.571. The van der Waals surface area contributed by atoms with Crippen LogP contribution in [0.1, 0.15) is 20.3 Å². The third kappa shape index (κ3) is 5.62. The van der Waals surface area contributed by atoms with Crippen molar-refractivity contribution < 1.29 is 9.05 Å². The van der Waals surface area contributed by atoms with Gasteiger partial charge in [0, 0.05) is 10.8 Å². The number of hydrogen-bond donors (Lipinski definition) is 0. The van der Waals surface area contributed by atoms with E-state index in [1.807, 2.05) is 19.1 Å². The first-order valence-electron chi connectivity index (χ1n) is 5.44. The Kier molecular flexibility index (Phi) is 6.90. The molecule has 1 rings (SSSR count). The van der Waals surface area contributed by atoms with E-state index in [0.29, 0.717) is 11.6 Å². The van der Waals surface area contributed by atoms with Gasteiger partial charge in [0.15, 0.2) is 0 Å². The molecule has 0 aliphatic heterocycles. The van der Waals surface area contributed by atoms with Crippen LogP contribution < -0.4 is 4.52 Å². The fraction of sp³-hybridized carbons (Fsp3) is 0.455. The maximum absolute atomic E-state index is 5.82. The monoisotopic (exact) mass is 310 g/mol. The van der Waals surface area contributed by atoms with E-state index < -0.39 is 5.69 Å². The molecule has 1 aromatic carbocycles. The van der Waals surface area contributed by atoms with E-state index in [1.54, 1.807) is 23.5 Å². The molecule has 0 amide bonds. The van der Waals surface area contributed by atoms with Gasteiger partial charge in [-0.05, 0) is 49.4 Å². The number of rotatable bonds is 7. The molecule has 0 saturated heterocycles. The number of benzene rings is 1. The van der Waals surface area contributed by atoms with Crippen molar-refractivity contribution in [1.29, 1.82) is 0 Å². The highest BCUT2D eigenvalue weighted by Gasteiger charge is 2.20. The van der Waals surface area contributed by atoms with Gasteiger partial charge in [0.05, 0.1) is 6.61 Å². The third-order valence-corrected chi connectivity index (χ3v) is 7.46. The van der Waals surface area contributed by atoms with Crippen LogP contribution >= 0.6 is 28.7 Å². The van der Waals surface area contributed by atoms with E-state index in [9.17, 15) is 0 Å². The molecule has 6 heteroatoms. The van der Waals surface area contributed by atoms with Crippen LogP contribution in [-0.2, 0) is 16.3 Å². The lowest BCUT2D eigenvalue weighted by Crippen LogP contribution is -1.95. The minimum atomic E-state index is -2.27. The summed E-state index contributed by atoms with van der Waals surface area (Å²) in [4.78, 5) is 0. The molecule has 17 heavy (non-hydrogen) atoms. The Labute approximate surface area is 117 Å². The van der Waals surface area contributed by atoms with Crippen molar-refractivity contribution >= 4 is 40.5 Å². The van der Waals surface area contributed by atoms with Gasteiger partial charge in [-0.15, -0.1) is 0 Å². The second-order valence-electron chi connectivity index (χ2n) is 3.24. The second-order valence-corrected chi connectivity index (χ2v) is 10.0. The summed E-state index contributed by atoms with van der Waals surface area (Å²) in [5, 5.41) is 0.684. The van der Waals surface area contributed by atoms with Gasteiger partial charge in [-0.25, -0.2) is 0 Å². The molecular weight excluding hydrogens is 295 g/mol. The van der Waals surface area contributed by atoms with Crippen LogP contribution in [0.15, 0.2) is 24.3 Å². The van der Waals surface area contributed by atoms with Gasteiger partial charge in [-0.3, -0.25) is 0 Å². The Morgan fingerprint density at radius 2 is 1.94 bits per heavy atom. The molecule has 0 bridgehead atoms. The fourth-order valence-corrected chi connectivity index (χ4v) is 5.90. The van der Waals surface area contributed by atoms with Crippen molar-refractivity contribution in [3.63, 3.8) is 0 Å². The molecule has 0 radical (unpaired) electrons. The second kappa shape index (κ2) is 7.65. The van der Waals surface area contributed by atoms with Crippen molar-refractivity contribution in [2.75, 3.05) is 12.4 Å². The Hall–Kier alpha value is 0.270. The normalized spacial score (nSPS) is 14.3. The van der Waals surface area contributed by atoms with E-state index in [0.717, 1.165) is 17.9 Å². The zero-order chi connectivity index (χ0) is 12.7. The van der Waals surface area contributed by atoms with Crippen LogP contribution in [-0.4, -0.2) is 12.4 Å². The molecule has 0 aliphatic rings. The smallest absolute Gasteiger partial charge is 0.297 e. The van der Waals surface area contributed by atoms with Gasteiger partial charge in [0.2, 0.25) is 0 Å². The molecule has 0 fully saturated rings. The Bertz CT molecular complexity index is 384. The van der Waals surface area contributed by atoms with E-state index in [-0.39, 0.29) is 0 Å². The van der Waals surface area contributed by atoms with Crippen LogP contribution in [0.2, 0.25) is 5.02 Å². The quantitative estimate of drug-likeness (QED) is 0.650. The molecule has 1 atom stereocenters. The Morgan fingerprint density at radius 1 is 1.29 bits per heavy atom. The first-order valence-corrected chi connectivity index (χ1v) is 10.0. The van der Waals surface area contributed by atoms with Crippen molar-refractivity contribution in [3.8, 4) is 5.75 Å². The van der Waals surface area contributed by atoms with E-state index in [2.05, 4.69) is 6.92 Å². The lowest BCUT2D eigenvalue weighted by molar-refractivity contribution is 0.344. The van der Waals surface area contributed by atoms with Crippen molar-refractivity contribution in [3.05, 3.63) is 29.3 Å². The summed E-state index contributed by atoms with van der Waals surface area (Å²) >= 11 is 12.9. The predicted molar refractivity (Wildman–Crippen MR) is 80.7 cm³/mol. The summed E-state index contributed by atoms with van der Waals surface area (Å²) in [5.41, 5.74) is -2.27. The van der Waals surface area contributed by atoms with Crippen molar-refractivity contribution in [2.45, 2.75) is 20.3 Å². The third-order valence-electron chi connectivity index (χ3n) is 1.77. The topological polar surface area (TPSA) is 18.5 Å². The zero-order valence-electron chi connectivity index (χ0n) is 9.89.